The van der Waals surface area contributed by atoms with Crippen LogP contribution in [0.1, 0.15) is 35.3 Å². The maximum atomic E-state index is 12.3. The summed E-state index contributed by atoms with van der Waals surface area (Å²) in [5, 5.41) is 6.33. The Labute approximate surface area is 165 Å². The summed E-state index contributed by atoms with van der Waals surface area (Å²) in [5.74, 6) is -0.328. The van der Waals surface area contributed by atoms with Gasteiger partial charge in [0.2, 0.25) is 0 Å². The molecule has 2 aromatic rings. The Hall–Kier alpha value is -1.95. The molecule has 0 unspecified atom stereocenters. The highest BCUT2D eigenvalue weighted by Crippen LogP contribution is 2.17. The van der Waals surface area contributed by atoms with Crippen molar-refractivity contribution >= 4 is 40.5 Å². The van der Waals surface area contributed by atoms with E-state index in [1.54, 1.807) is 12.1 Å². The molecule has 6 heteroatoms. The number of hydrogen-bond donors (Lipinski definition) is 2. The number of amides is 1. The number of aryl methyl sites for hydroxylation is 1. The van der Waals surface area contributed by atoms with E-state index in [1.807, 2.05) is 25.1 Å². The molecule has 0 saturated carbocycles. The van der Waals surface area contributed by atoms with Crippen LogP contribution in [0.15, 0.2) is 42.5 Å². The Balaban J connectivity index is 1.94. The number of hydrogen-bond acceptors (Lipinski definition) is 3. The smallest absolute Gasteiger partial charge is 0.258 e. The maximum Gasteiger partial charge on any atom is 0.258 e. The molecule has 2 N–H and O–H groups in total. The van der Waals surface area contributed by atoms with Crippen molar-refractivity contribution in [2.45, 2.75) is 27.3 Å². The quantitative estimate of drug-likeness (QED) is 0.707. The zero-order chi connectivity index (χ0) is 19.1. The van der Waals surface area contributed by atoms with Crippen molar-refractivity contribution in [1.29, 1.82) is 0 Å². The fraction of sp³-hybridized carbons (Fsp3) is 0.300. The summed E-state index contributed by atoms with van der Waals surface area (Å²) in [6.45, 7) is 9.19. The predicted molar refractivity (Wildman–Crippen MR) is 113 cm³/mol. The summed E-state index contributed by atoms with van der Waals surface area (Å²) in [5.41, 5.74) is 3.46. The molecule has 0 aromatic heterocycles. The highest BCUT2D eigenvalue weighted by atomic mass is 35.5. The number of carbonyl (C=O) groups is 1. The first-order valence-corrected chi connectivity index (χ1v) is 9.41. The zero-order valence-electron chi connectivity index (χ0n) is 15.3. The van der Waals surface area contributed by atoms with Gasteiger partial charge >= 0.3 is 0 Å². The summed E-state index contributed by atoms with van der Waals surface area (Å²) in [4.78, 5) is 14.6. The lowest BCUT2D eigenvalue weighted by atomic mass is 10.1. The van der Waals surface area contributed by atoms with E-state index >= 15 is 0 Å². The largest absolute Gasteiger partial charge is 0.332 e. The van der Waals surface area contributed by atoms with E-state index < -0.39 is 0 Å². The zero-order valence-corrected chi connectivity index (χ0v) is 16.9. The molecule has 0 aliphatic carbocycles. The van der Waals surface area contributed by atoms with Gasteiger partial charge in [0.05, 0.1) is 10.6 Å². The Bertz CT molecular complexity index is 773. The van der Waals surface area contributed by atoms with E-state index in [9.17, 15) is 4.79 Å². The summed E-state index contributed by atoms with van der Waals surface area (Å²) < 4.78 is 0. The SMILES string of the molecule is CCN(CC)Cc1ccc(NC(=S)NC(=O)c2ccc(C)cc2Cl)cc1. The van der Waals surface area contributed by atoms with Crippen LogP contribution in [0.3, 0.4) is 0 Å². The first-order chi connectivity index (χ1) is 12.4. The molecule has 0 atom stereocenters. The molecule has 0 spiro atoms. The number of anilines is 1. The van der Waals surface area contributed by atoms with Crippen LogP contribution in [0.4, 0.5) is 5.69 Å². The van der Waals surface area contributed by atoms with Gasteiger partial charge < -0.3 is 5.32 Å². The molecule has 0 bridgehead atoms. The second kappa shape index (κ2) is 9.67. The molecule has 0 aliphatic rings. The Morgan fingerprint density at radius 3 is 2.35 bits per heavy atom. The Morgan fingerprint density at radius 1 is 1.12 bits per heavy atom. The molecule has 4 nitrogen and oxygen atoms in total. The predicted octanol–water partition coefficient (Wildman–Crippen LogP) is 4.62. The summed E-state index contributed by atoms with van der Waals surface area (Å²) in [7, 11) is 0. The molecule has 26 heavy (non-hydrogen) atoms. The third-order valence-electron chi connectivity index (χ3n) is 4.11. The molecule has 2 aromatic carbocycles. The first-order valence-electron chi connectivity index (χ1n) is 8.62. The van der Waals surface area contributed by atoms with Crippen molar-refractivity contribution in [2.75, 3.05) is 18.4 Å². The van der Waals surface area contributed by atoms with Gasteiger partial charge in [-0.05, 0) is 67.6 Å². The molecule has 1 amide bonds. The standard InChI is InChI=1S/C20H24ClN3OS/c1-4-24(5-2)13-15-7-9-16(10-8-15)22-20(26)23-19(25)17-11-6-14(3)12-18(17)21/h6-12H,4-5,13H2,1-3H3,(H2,22,23,25,26). The number of nitrogens with one attached hydrogen (secondary N) is 2. The number of thiocarbonyl (C=S) groups is 1. The van der Waals surface area contributed by atoms with E-state index in [0.29, 0.717) is 10.6 Å². The highest BCUT2D eigenvalue weighted by molar-refractivity contribution is 7.80. The molecule has 0 radical (unpaired) electrons. The molecular weight excluding hydrogens is 366 g/mol. The average Bonchev–Trinajstić information content (AvgIpc) is 2.60. The van der Waals surface area contributed by atoms with Crippen LogP contribution in [0.2, 0.25) is 5.02 Å². The number of rotatable bonds is 6. The van der Waals surface area contributed by atoms with Gasteiger partial charge in [-0.2, -0.15) is 0 Å². The van der Waals surface area contributed by atoms with Crippen molar-refractivity contribution in [3.8, 4) is 0 Å². The first kappa shape index (κ1) is 20.4. The second-order valence-electron chi connectivity index (χ2n) is 6.05. The van der Waals surface area contributed by atoms with Gasteiger partial charge in [-0.1, -0.05) is 43.6 Å². The molecule has 2 rings (SSSR count). The molecule has 0 saturated heterocycles. The van der Waals surface area contributed by atoms with Crippen LogP contribution in [0, 0.1) is 6.92 Å². The van der Waals surface area contributed by atoms with Gasteiger partial charge in [0.1, 0.15) is 0 Å². The fourth-order valence-electron chi connectivity index (χ4n) is 2.54. The van der Waals surface area contributed by atoms with Crippen LogP contribution in [-0.2, 0) is 6.54 Å². The summed E-state index contributed by atoms with van der Waals surface area (Å²) in [6.07, 6.45) is 0. The Morgan fingerprint density at radius 2 is 1.77 bits per heavy atom. The van der Waals surface area contributed by atoms with Crippen LogP contribution in [0.5, 0.6) is 0 Å². The molecule has 0 fully saturated rings. The summed E-state index contributed by atoms with van der Waals surface area (Å²) >= 11 is 11.3. The van der Waals surface area contributed by atoms with Crippen molar-refractivity contribution in [1.82, 2.24) is 10.2 Å². The molecule has 138 valence electrons. The Kier molecular flexibility index (Phi) is 7.57. The van der Waals surface area contributed by atoms with Gasteiger partial charge in [0.25, 0.3) is 5.91 Å². The van der Waals surface area contributed by atoms with Gasteiger partial charge in [-0.15, -0.1) is 0 Å². The van der Waals surface area contributed by atoms with Gasteiger partial charge in [0, 0.05) is 12.2 Å². The van der Waals surface area contributed by atoms with Crippen molar-refractivity contribution in [2.24, 2.45) is 0 Å². The van der Waals surface area contributed by atoms with Crippen molar-refractivity contribution < 1.29 is 4.79 Å². The van der Waals surface area contributed by atoms with E-state index in [4.69, 9.17) is 23.8 Å². The lowest BCUT2D eigenvalue weighted by Crippen LogP contribution is -2.34. The van der Waals surface area contributed by atoms with Gasteiger partial charge in [-0.3, -0.25) is 15.0 Å². The van der Waals surface area contributed by atoms with Crippen LogP contribution >= 0.6 is 23.8 Å². The number of nitrogens with zero attached hydrogens (tertiary/aromatic N) is 1. The van der Waals surface area contributed by atoms with E-state index in [-0.39, 0.29) is 11.0 Å². The number of benzene rings is 2. The number of halogens is 1. The van der Waals surface area contributed by atoms with Crippen molar-refractivity contribution in [3.05, 3.63) is 64.2 Å². The molecule has 0 aliphatic heterocycles. The molecular formula is C20H24ClN3OS. The van der Waals surface area contributed by atoms with Crippen LogP contribution < -0.4 is 10.6 Å². The van der Waals surface area contributed by atoms with Crippen molar-refractivity contribution in [3.63, 3.8) is 0 Å². The van der Waals surface area contributed by atoms with Gasteiger partial charge in [0.15, 0.2) is 5.11 Å². The van der Waals surface area contributed by atoms with E-state index in [0.717, 1.165) is 30.9 Å². The lowest BCUT2D eigenvalue weighted by Gasteiger charge is -2.18. The second-order valence-corrected chi connectivity index (χ2v) is 6.87. The van der Waals surface area contributed by atoms with Crippen LogP contribution in [0.25, 0.3) is 0 Å². The maximum absolute atomic E-state index is 12.3. The average molecular weight is 390 g/mol. The third-order valence-corrected chi connectivity index (χ3v) is 4.63. The highest BCUT2D eigenvalue weighted by Gasteiger charge is 2.12. The van der Waals surface area contributed by atoms with E-state index in [1.165, 1.54) is 5.56 Å². The minimum Gasteiger partial charge on any atom is -0.332 e. The fourth-order valence-corrected chi connectivity index (χ4v) is 3.07. The normalized spacial score (nSPS) is 10.7. The monoisotopic (exact) mass is 389 g/mol. The van der Waals surface area contributed by atoms with Gasteiger partial charge in [-0.25, -0.2) is 0 Å². The minimum atomic E-state index is -0.328. The van der Waals surface area contributed by atoms with Crippen LogP contribution in [-0.4, -0.2) is 29.0 Å². The lowest BCUT2D eigenvalue weighted by molar-refractivity contribution is 0.0978. The summed E-state index contributed by atoms with van der Waals surface area (Å²) in [6, 6.07) is 13.3. The van der Waals surface area contributed by atoms with E-state index in [2.05, 4.69) is 41.5 Å². The minimum absolute atomic E-state index is 0.239. The third kappa shape index (κ3) is 5.80. The molecule has 0 heterocycles. The topological polar surface area (TPSA) is 44.4 Å². The number of carbonyl (C=O) groups excluding carboxylic acids is 1.